The van der Waals surface area contributed by atoms with Gasteiger partial charge < -0.3 is 10.1 Å². The van der Waals surface area contributed by atoms with Gasteiger partial charge in [-0.15, -0.1) is 0 Å². The maximum atomic E-state index is 5.91. The third-order valence-electron chi connectivity index (χ3n) is 3.71. The maximum Gasteiger partial charge on any atom is 0.120 e. The number of hydrogen-bond donors (Lipinski definition) is 1. The molecule has 112 valence electrons. The van der Waals surface area contributed by atoms with Crippen LogP contribution < -0.4 is 10.1 Å². The van der Waals surface area contributed by atoms with Gasteiger partial charge in [0.05, 0.1) is 0 Å². The van der Waals surface area contributed by atoms with Crippen molar-refractivity contribution in [2.24, 2.45) is 0 Å². The maximum absolute atomic E-state index is 5.91. The zero-order chi connectivity index (χ0) is 15.1. The highest BCUT2D eigenvalue weighted by Gasteiger charge is 2.05. The summed E-state index contributed by atoms with van der Waals surface area (Å²) in [6.45, 7) is 8.05. The molecule has 0 aliphatic heterocycles. The molecule has 2 nitrogen and oxygen atoms in total. The molecule has 0 bridgehead atoms. The number of rotatable bonds is 7. The molecule has 0 radical (unpaired) electrons. The molecule has 21 heavy (non-hydrogen) atoms. The van der Waals surface area contributed by atoms with Crippen LogP contribution in [-0.2, 0) is 13.0 Å². The zero-order valence-corrected chi connectivity index (χ0v) is 13.2. The summed E-state index contributed by atoms with van der Waals surface area (Å²) in [5.74, 6) is 0.928. The van der Waals surface area contributed by atoms with Gasteiger partial charge in [-0.2, -0.15) is 0 Å². The van der Waals surface area contributed by atoms with Gasteiger partial charge in [-0.25, -0.2) is 0 Å². The fraction of sp³-hybridized carbons (Fsp3) is 0.368. The van der Waals surface area contributed by atoms with Gasteiger partial charge in [0.15, 0.2) is 0 Å². The third kappa shape index (κ3) is 4.61. The highest BCUT2D eigenvalue weighted by Crippen LogP contribution is 2.20. The third-order valence-corrected chi connectivity index (χ3v) is 3.71. The molecule has 0 spiro atoms. The largest absolute Gasteiger partial charge is 0.489 e. The van der Waals surface area contributed by atoms with E-state index in [1.165, 1.54) is 16.7 Å². The molecule has 0 saturated carbocycles. The first-order chi connectivity index (χ1) is 10.2. The Morgan fingerprint density at radius 1 is 1.00 bits per heavy atom. The molecule has 0 heterocycles. The Labute approximate surface area is 128 Å². The molecule has 0 fully saturated rings. The lowest BCUT2D eigenvalue weighted by molar-refractivity contribution is 0.305. The Morgan fingerprint density at radius 3 is 2.38 bits per heavy atom. The second kappa shape index (κ2) is 7.84. The molecular formula is C19H25NO. The predicted octanol–water partition coefficient (Wildman–Crippen LogP) is 4.50. The van der Waals surface area contributed by atoms with Crippen molar-refractivity contribution in [1.82, 2.24) is 5.32 Å². The molecule has 1 N–H and O–H groups in total. The van der Waals surface area contributed by atoms with Gasteiger partial charge in [0.25, 0.3) is 0 Å². The molecule has 1 atom stereocenters. The van der Waals surface area contributed by atoms with E-state index < -0.39 is 0 Å². The minimum Gasteiger partial charge on any atom is -0.489 e. The quantitative estimate of drug-likeness (QED) is 0.808. The van der Waals surface area contributed by atoms with Crippen molar-refractivity contribution in [3.05, 3.63) is 65.2 Å². The van der Waals surface area contributed by atoms with Crippen LogP contribution >= 0.6 is 0 Å². The van der Waals surface area contributed by atoms with Gasteiger partial charge in [-0.05, 0) is 48.7 Å². The first-order valence-corrected chi connectivity index (χ1v) is 7.77. The standard InChI is InChI=1S/C19H25NO/c1-4-16-9-11-17(12-10-16)14-21-19-8-6-7-18(13-19)15(3)20-5-2/h6-13,15,20H,4-5,14H2,1-3H3. The fourth-order valence-corrected chi connectivity index (χ4v) is 2.34. The molecule has 0 saturated heterocycles. The Kier molecular flexibility index (Phi) is 5.82. The summed E-state index contributed by atoms with van der Waals surface area (Å²) in [4.78, 5) is 0. The van der Waals surface area contributed by atoms with Crippen LogP contribution in [0.3, 0.4) is 0 Å². The highest BCUT2D eigenvalue weighted by atomic mass is 16.5. The minimum absolute atomic E-state index is 0.349. The van der Waals surface area contributed by atoms with Crippen molar-refractivity contribution in [3.63, 3.8) is 0 Å². The minimum atomic E-state index is 0.349. The van der Waals surface area contributed by atoms with Crippen molar-refractivity contribution >= 4 is 0 Å². The number of aryl methyl sites for hydroxylation is 1. The van der Waals surface area contributed by atoms with E-state index in [0.717, 1.165) is 18.7 Å². The van der Waals surface area contributed by atoms with Crippen LogP contribution in [0.5, 0.6) is 5.75 Å². The van der Waals surface area contributed by atoms with Crippen molar-refractivity contribution in [1.29, 1.82) is 0 Å². The van der Waals surface area contributed by atoms with Crippen molar-refractivity contribution in [2.75, 3.05) is 6.54 Å². The Hall–Kier alpha value is -1.80. The molecule has 1 unspecified atom stereocenters. The normalized spacial score (nSPS) is 12.1. The Bertz CT molecular complexity index is 548. The Balaban J connectivity index is 1.97. The van der Waals surface area contributed by atoms with Gasteiger partial charge in [-0.1, -0.05) is 50.2 Å². The van der Waals surface area contributed by atoms with E-state index in [9.17, 15) is 0 Å². The summed E-state index contributed by atoms with van der Waals surface area (Å²) < 4.78 is 5.91. The first-order valence-electron chi connectivity index (χ1n) is 7.77. The molecule has 2 heteroatoms. The molecule has 0 aromatic heterocycles. The lowest BCUT2D eigenvalue weighted by Gasteiger charge is -2.14. The molecule has 2 aromatic rings. The van der Waals surface area contributed by atoms with Crippen molar-refractivity contribution in [2.45, 2.75) is 39.8 Å². The average Bonchev–Trinajstić information content (AvgIpc) is 2.54. The fourth-order valence-electron chi connectivity index (χ4n) is 2.34. The van der Waals surface area contributed by atoms with Crippen LogP contribution in [0.25, 0.3) is 0 Å². The lowest BCUT2D eigenvalue weighted by Crippen LogP contribution is -2.17. The second-order valence-corrected chi connectivity index (χ2v) is 5.31. The smallest absolute Gasteiger partial charge is 0.120 e. The number of benzene rings is 2. The molecular weight excluding hydrogens is 258 g/mol. The first kappa shape index (κ1) is 15.6. The summed E-state index contributed by atoms with van der Waals surface area (Å²) >= 11 is 0. The molecule has 2 aromatic carbocycles. The molecule has 0 aliphatic carbocycles. The number of hydrogen-bond acceptors (Lipinski definition) is 2. The zero-order valence-electron chi connectivity index (χ0n) is 13.2. The van der Waals surface area contributed by atoms with Gasteiger partial charge in [-0.3, -0.25) is 0 Å². The van der Waals surface area contributed by atoms with E-state index in [2.05, 4.69) is 68.6 Å². The summed E-state index contributed by atoms with van der Waals surface area (Å²) in [6, 6.07) is 17.3. The van der Waals surface area contributed by atoms with E-state index in [0.29, 0.717) is 12.6 Å². The summed E-state index contributed by atoms with van der Waals surface area (Å²) in [5.41, 5.74) is 3.83. The van der Waals surface area contributed by atoms with E-state index in [4.69, 9.17) is 4.74 Å². The lowest BCUT2D eigenvalue weighted by atomic mass is 10.1. The monoisotopic (exact) mass is 283 g/mol. The van der Waals surface area contributed by atoms with Gasteiger partial charge in [0.1, 0.15) is 12.4 Å². The molecule has 0 aliphatic rings. The van der Waals surface area contributed by atoms with Crippen LogP contribution in [0.1, 0.15) is 43.5 Å². The molecule has 2 rings (SSSR count). The number of ether oxygens (including phenoxy) is 1. The topological polar surface area (TPSA) is 21.3 Å². The average molecular weight is 283 g/mol. The summed E-state index contributed by atoms with van der Waals surface area (Å²) in [5, 5.41) is 3.42. The van der Waals surface area contributed by atoms with Crippen molar-refractivity contribution in [3.8, 4) is 5.75 Å². The van der Waals surface area contributed by atoms with Crippen LogP contribution in [0.2, 0.25) is 0 Å². The van der Waals surface area contributed by atoms with Crippen LogP contribution in [0.4, 0.5) is 0 Å². The highest BCUT2D eigenvalue weighted by molar-refractivity contribution is 5.31. The van der Waals surface area contributed by atoms with Gasteiger partial charge in [0, 0.05) is 6.04 Å². The van der Waals surface area contributed by atoms with Crippen LogP contribution in [-0.4, -0.2) is 6.54 Å². The van der Waals surface area contributed by atoms with Gasteiger partial charge in [0.2, 0.25) is 0 Å². The predicted molar refractivity (Wildman–Crippen MR) is 88.7 cm³/mol. The van der Waals surface area contributed by atoms with Gasteiger partial charge >= 0.3 is 0 Å². The summed E-state index contributed by atoms with van der Waals surface area (Å²) in [6.07, 6.45) is 1.07. The van der Waals surface area contributed by atoms with Crippen LogP contribution in [0.15, 0.2) is 48.5 Å². The second-order valence-electron chi connectivity index (χ2n) is 5.31. The van der Waals surface area contributed by atoms with E-state index in [-0.39, 0.29) is 0 Å². The Morgan fingerprint density at radius 2 is 1.71 bits per heavy atom. The SMILES string of the molecule is CCNC(C)c1cccc(OCc2ccc(CC)cc2)c1. The van der Waals surface area contributed by atoms with Crippen molar-refractivity contribution < 1.29 is 4.74 Å². The number of nitrogens with one attached hydrogen (secondary N) is 1. The van der Waals surface area contributed by atoms with E-state index in [1.54, 1.807) is 0 Å². The van der Waals surface area contributed by atoms with E-state index >= 15 is 0 Å². The van der Waals surface area contributed by atoms with Crippen LogP contribution in [0, 0.1) is 0 Å². The van der Waals surface area contributed by atoms with E-state index in [1.807, 2.05) is 6.07 Å². The summed E-state index contributed by atoms with van der Waals surface area (Å²) in [7, 11) is 0. The molecule has 0 amide bonds.